The molecule has 20 heteroatoms. The van der Waals surface area contributed by atoms with Crippen LogP contribution in [-0.2, 0) is 40.5 Å². The van der Waals surface area contributed by atoms with E-state index in [0.717, 1.165) is 24.3 Å². The molecule has 1 aliphatic rings. The van der Waals surface area contributed by atoms with Crippen molar-refractivity contribution in [3.8, 4) is 11.1 Å². The third-order valence-electron chi connectivity index (χ3n) is 8.14. The van der Waals surface area contributed by atoms with Crippen LogP contribution in [0.25, 0.3) is 31.4 Å². The summed E-state index contributed by atoms with van der Waals surface area (Å²) in [7, 11) is -21.2. The lowest BCUT2D eigenvalue weighted by atomic mass is 9.96. The van der Waals surface area contributed by atoms with E-state index in [1.165, 1.54) is 24.3 Å². The van der Waals surface area contributed by atoms with Crippen LogP contribution >= 0.6 is 0 Å². The Labute approximate surface area is 294 Å². The Morgan fingerprint density at radius 2 is 0.808 bits per heavy atom. The van der Waals surface area contributed by atoms with Crippen molar-refractivity contribution < 1.29 is 51.9 Å². The van der Waals surface area contributed by atoms with E-state index in [-0.39, 0.29) is 38.8 Å². The van der Waals surface area contributed by atoms with Crippen LogP contribution in [0.4, 0.5) is 0 Å². The fourth-order valence-electron chi connectivity index (χ4n) is 6.25. The van der Waals surface area contributed by atoms with E-state index in [0.29, 0.717) is 5.56 Å². The fraction of sp³-hybridized carbons (Fsp3) is 0. The lowest BCUT2D eigenvalue weighted by molar-refractivity contribution is 0.482. The molecule has 5 heterocycles. The molecule has 52 heavy (non-hydrogen) atoms. The number of hydrogen-bond donors (Lipinski definition) is 8. The van der Waals surface area contributed by atoms with Crippen molar-refractivity contribution in [3.63, 3.8) is 0 Å². The maximum absolute atomic E-state index is 13.4. The van der Waals surface area contributed by atoms with Crippen LogP contribution in [0.3, 0.4) is 0 Å². The Kier molecular flexibility index (Phi) is 8.19. The molecule has 0 fully saturated rings. The largest absolute Gasteiger partial charge is 0.354 e. The molecule has 6 aromatic rings. The predicted molar refractivity (Wildman–Crippen MR) is 187 cm³/mol. The monoisotopic (exact) mass is 784 g/mol. The maximum atomic E-state index is 13.4. The van der Waals surface area contributed by atoms with E-state index in [2.05, 4.69) is 19.9 Å². The molecule has 4 aromatic heterocycles. The van der Waals surface area contributed by atoms with Gasteiger partial charge in [0.1, 0.15) is 19.6 Å². The van der Waals surface area contributed by atoms with Crippen molar-refractivity contribution in [2.24, 2.45) is 0 Å². The van der Waals surface area contributed by atoms with Crippen LogP contribution in [0.15, 0.2) is 102 Å². The summed E-state index contributed by atoms with van der Waals surface area (Å²) in [6.45, 7) is 0. The summed E-state index contributed by atoms with van der Waals surface area (Å²) in [6.07, 6.45) is 0. The molecular weight excluding hydrogens is 761 g/mol. The van der Waals surface area contributed by atoms with Crippen LogP contribution < -0.4 is 21.4 Å². The van der Waals surface area contributed by atoms with Crippen LogP contribution in [0.2, 0.25) is 0 Å². The maximum Gasteiger partial charge on any atom is 0.298 e. The summed E-state index contributed by atoms with van der Waals surface area (Å²) in [5.41, 5.74) is -1.42. The minimum atomic E-state index is -5.47. The normalized spacial score (nSPS) is 14.2. The van der Waals surface area contributed by atoms with Gasteiger partial charge < -0.3 is 19.9 Å². The highest BCUT2D eigenvalue weighted by Gasteiger charge is 2.35. The van der Waals surface area contributed by atoms with Crippen LogP contribution in [-0.4, -0.2) is 71.8 Å². The molecule has 0 unspecified atom stereocenters. The molecule has 0 saturated heterocycles. The molecule has 8 bridgehead atoms. The highest BCUT2D eigenvalue weighted by molar-refractivity contribution is 7.96. The molecule has 2 aromatic carbocycles. The van der Waals surface area contributed by atoms with E-state index >= 15 is 0 Å². The molecule has 1 aliphatic heterocycles. The van der Waals surface area contributed by atoms with Gasteiger partial charge in [0.05, 0.1) is 38.8 Å². The summed E-state index contributed by atoms with van der Waals surface area (Å²) in [5, 5.41) is -1.26. The molecule has 7 rings (SSSR count). The van der Waals surface area contributed by atoms with E-state index in [1.54, 1.807) is 48.5 Å². The summed E-state index contributed by atoms with van der Waals surface area (Å²) >= 11 is 0. The van der Waals surface area contributed by atoms with Gasteiger partial charge in [-0.1, -0.05) is 60.7 Å². The molecule has 0 spiro atoms. The zero-order chi connectivity index (χ0) is 37.4. The highest BCUT2D eigenvalue weighted by atomic mass is 32.2. The van der Waals surface area contributed by atoms with Crippen molar-refractivity contribution in [3.05, 3.63) is 147 Å². The molecule has 0 aliphatic carbocycles. The summed E-state index contributed by atoms with van der Waals surface area (Å²) in [5.74, 6) is 0. The Balaban J connectivity index is 1.86. The van der Waals surface area contributed by atoms with Gasteiger partial charge >= 0.3 is 0 Å². The minimum Gasteiger partial charge on any atom is -0.354 e. The van der Waals surface area contributed by atoms with Crippen LogP contribution in [0.5, 0.6) is 0 Å². The smallest absolute Gasteiger partial charge is 0.298 e. The average molecular weight is 785 g/mol. The zero-order valence-corrected chi connectivity index (χ0v) is 29.2. The number of aromatic amines is 4. The number of aromatic nitrogens is 4. The topological polar surface area (TPSA) is 281 Å². The lowest BCUT2D eigenvalue weighted by Crippen LogP contribution is -2.23. The van der Waals surface area contributed by atoms with Crippen molar-refractivity contribution in [2.75, 3.05) is 0 Å². The first kappa shape index (κ1) is 35.1. The number of rotatable bonds is 6. The fourth-order valence-corrected chi connectivity index (χ4v) is 9.60. The van der Waals surface area contributed by atoms with Gasteiger partial charge in [0, 0.05) is 16.5 Å². The summed E-state index contributed by atoms with van der Waals surface area (Å²) in [4.78, 5) is 6.89. The summed E-state index contributed by atoms with van der Waals surface area (Å²) < 4.78 is 147. The lowest BCUT2D eigenvalue weighted by Gasteiger charge is -2.11. The molecule has 268 valence electrons. The van der Waals surface area contributed by atoms with Gasteiger partial charge in [0.25, 0.3) is 40.5 Å². The second-order valence-electron chi connectivity index (χ2n) is 11.4. The van der Waals surface area contributed by atoms with Crippen molar-refractivity contribution >= 4 is 60.8 Å². The summed E-state index contributed by atoms with van der Waals surface area (Å²) in [6, 6.07) is 22.6. The SMILES string of the molecule is O=S(=O)(O)C1=c2ccc([nH]2)=C(c2ccccc2)c2[nH]c(c(S(=O)(=O)O)c2-c2ccccc2)C(S(=O)(=O)O)=c2ccc([nH]2)=C(S(=O)(=O)O)c2ccc1[nH]2. The number of hydrogen-bond acceptors (Lipinski definition) is 8. The number of benzene rings is 2. The van der Waals surface area contributed by atoms with Gasteiger partial charge in [0.2, 0.25) is 0 Å². The van der Waals surface area contributed by atoms with Gasteiger partial charge in [-0.15, -0.1) is 0 Å². The number of H-pyrrole nitrogens is 4. The highest BCUT2D eigenvalue weighted by Crippen LogP contribution is 2.41. The van der Waals surface area contributed by atoms with E-state index in [1.807, 2.05) is 0 Å². The van der Waals surface area contributed by atoms with Gasteiger partial charge in [0.15, 0.2) is 0 Å². The Morgan fingerprint density at radius 1 is 0.385 bits per heavy atom. The molecule has 0 amide bonds. The standard InChI is InChI=1S/C32H24N4O12S4/c37-49(38,39)29-20-12-11-19(33-20)25(17-7-3-1-4-8-17)27-26(18-9-5-2-6-10-18)32(52(46,47)48)28(36-27)31(51(43,44)45)24-16-15-23(35-24)30(50(40,41)42)22-14-13-21(29)34-22/h1-16,33-36H,(H,37,38,39)(H,40,41,42)(H,43,44,45)(H,46,47,48). The molecule has 16 nitrogen and oxygen atoms in total. The molecule has 0 atom stereocenters. The second kappa shape index (κ2) is 12.1. The van der Waals surface area contributed by atoms with Crippen molar-refractivity contribution in [1.29, 1.82) is 0 Å². The third kappa shape index (κ3) is 6.16. The Morgan fingerprint density at radius 3 is 1.27 bits per heavy atom. The number of nitrogens with one attached hydrogen (secondary N) is 4. The van der Waals surface area contributed by atoms with Gasteiger partial charge in [-0.05, 0) is 47.5 Å². The zero-order valence-electron chi connectivity index (χ0n) is 25.9. The Hall–Kier alpha value is -5.32. The third-order valence-corrected chi connectivity index (χ3v) is 11.9. The first-order valence-corrected chi connectivity index (χ1v) is 20.4. The van der Waals surface area contributed by atoms with Gasteiger partial charge in [-0.25, -0.2) is 0 Å². The Bertz CT molecular complexity index is 3160. The van der Waals surface area contributed by atoms with Crippen molar-refractivity contribution in [1.82, 2.24) is 19.9 Å². The molecule has 8 N–H and O–H groups in total. The van der Waals surface area contributed by atoms with E-state index in [4.69, 9.17) is 0 Å². The van der Waals surface area contributed by atoms with Crippen LogP contribution in [0.1, 0.15) is 28.3 Å². The van der Waals surface area contributed by atoms with Gasteiger partial charge in [-0.2, -0.15) is 33.7 Å². The van der Waals surface area contributed by atoms with E-state index < -0.39 is 82.2 Å². The first-order chi connectivity index (χ1) is 24.3. The second-order valence-corrected chi connectivity index (χ2v) is 16.9. The van der Waals surface area contributed by atoms with Gasteiger partial charge in [-0.3, -0.25) is 18.2 Å². The average Bonchev–Trinajstić information content (AvgIpc) is 3.85. The quantitative estimate of drug-likeness (QED) is 0.108. The first-order valence-electron chi connectivity index (χ1n) is 14.7. The minimum absolute atomic E-state index is 0.0776. The molecular formula is C32H24N4O12S4. The van der Waals surface area contributed by atoms with E-state index in [9.17, 15) is 51.9 Å². The molecule has 0 saturated carbocycles. The molecule has 0 radical (unpaired) electrons. The number of fused-ring (bicyclic) bond motifs is 8. The van der Waals surface area contributed by atoms with Crippen LogP contribution in [0, 0.1) is 0 Å². The predicted octanol–water partition coefficient (Wildman–Crippen LogP) is 0.606. The van der Waals surface area contributed by atoms with Crippen molar-refractivity contribution in [2.45, 2.75) is 4.90 Å².